The van der Waals surface area contributed by atoms with E-state index in [2.05, 4.69) is 5.32 Å². The summed E-state index contributed by atoms with van der Waals surface area (Å²) in [6.45, 7) is 15.8. The van der Waals surface area contributed by atoms with E-state index in [0.29, 0.717) is 12.8 Å². The number of hydrogen-bond acceptors (Lipinski definition) is 11. The minimum absolute atomic E-state index is 0.0507. The lowest BCUT2D eigenvalue weighted by Crippen LogP contribution is -2.47. The lowest BCUT2D eigenvalue weighted by atomic mass is 10.0. The molecule has 246 valence electrons. The highest BCUT2D eigenvalue weighted by Gasteiger charge is 2.45. The molecule has 12 heteroatoms. The molecule has 1 rings (SSSR count). The number of hydrogen-bond donors (Lipinski definition) is 1. The van der Waals surface area contributed by atoms with Gasteiger partial charge in [0, 0.05) is 45.6 Å². The van der Waals surface area contributed by atoms with Crippen LogP contribution in [0.5, 0.6) is 0 Å². The van der Waals surface area contributed by atoms with Crippen molar-refractivity contribution < 1.29 is 52.5 Å². The average Bonchev–Trinajstić information content (AvgIpc) is 3.09. The number of amides is 1. The van der Waals surface area contributed by atoms with E-state index in [1.807, 2.05) is 41.5 Å². The Morgan fingerprint density at radius 3 is 1.88 bits per heavy atom. The van der Waals surface area contributed by atoms with Crippen LogP contribution in [0.15, 0.2) is 0 Å². The maximum atomic E-state index is 12.5. The molecule has 1 N–H and O–H groups in total. The molecule has 0 saturated carbocycles. The number of aldehydes is 1. The van der Waals surface area contributed by atoms with Crippen molar-refractivity contribution in [1.82, 2.24) is 5.32 Å². The van der Waals surface area contributed by atoms with E-state index in [4.69, 9.17) is 28.5 Å². The van der Waals surface area contributed by atoms with Crippen molar-refractivity contribution in [3.63, 3.8) is 0 Å². The second-order valence-corrected chi connectivity index (χ2v) is 8.65. The van der Waals surface area contributed by atoms with Gasteiger partial charge < -0.3 is 38.6 Å². The van der Waals surface area contributed by atoms with Gasteiger partial charge in [-0.15, -0.1) is 0 Å². The van der Waals surface area contributed by atoms with Crippen molar-refractivity contribution in [3.05, 3.63) is 0 Å². The number of methoxy groups -OCH3 is 1. The van der Waals surface area contributed by atoms with Crippen molar-refractivity contribution >= 4 is 35.9 Å². The van der Waals surface area contributed by atoms with Gasteiger partial charge in [0.15, 0.2) is 6.10 Å². The quantitative estimate of drug-likeness (QED) is 0.171. The monoisotopic (exact) mass is 605 g/mol. The molecule has 0 aromatic rings. The van der Waals surface area contributed by atoms with E-state index in [-0.39, 0.29) is 50.9 Å². The maximum absolute atomic E-state index is 12.5. The molecule has 0 aromatic carbocycles. The summed E-state index contributed by atoms with van der Waals surface area (Å²) in [4.78, 5) is 69.1. The predicted molar refractivity (Wildman–Crippen MR) is 157 cm³/mol. The number of Topliss-reactive ketones (excluding diaryl/α,β-unsaturated/α-hetero) is 1. The fraction of sp³-hybridized carbons (Fsp3) is 0.800. The Balaban J connectivity index is -0.00000199. The van der Waals surface area contributed by atoms with Crippen LogP contribution >= 0.6 is 0 Å². The van der Waals surface area contributed by atoms with Crippen molar-refractivity contribution in [2.75, 3.05) is 13.7 Å². The first-order valence-electron chi connectivity index (χ1n) is 15.0. The molecule has 0 spiro atoms. The first-order valence-corrected chi connectivity index (χ1v) is 15.0. The third-order valence-electron chi connectivity index (χ3n) is 5.33. The summed E-state index contributed by atoms with van der Waals surface area (Å²) < 4.78 is 28.0. The van der Waals surface area contributed by atoms with Crippen LogP contribution in [0.3, 0.4) is 0 Å². The molecule has 0 bridgehead atoms. The summed E-state index contributed by atoms with van der Waals surface area (Å²) in [6, 6.07) is -0.862. The third kappa shape index (κ3) is 20.1. The topological polar surface area (TPSA) is 161 Å². The Kier molecular flexibility index (Phi) is 29.3. The zero-order chi connectivity index (χ0) is 33.1. The number of esters is 3. The van der Waals surface area contributed by atoms with Crippen molar-refractivity contribution in [3.8, 4) is 0 Å². The van der Waals surface area contributed by atoms with Gasteiger partial charge in [-0.25, -0.2) is 0 Å². The van der Waals surface area contributed by atoms with Gasteiger partial charge >= 0.3 is 17.9 Å². The average molecular weight is 606 g/mol. The van der Waals surface area contributed by atoms with E-state index in [1.165, 1.54) is 21.0 Å². The number of carbonyl (C=O) groups excluding carboxylic acids is 6. The Morgan fingerprint density at radius 1 is 0.857 bits per heavy atom. The fourth-order valence-electron chi connectivity index (χ4n) is 3.48. The SMILES string of the molecule is CC.CC.CC=O.CCCC(=O)OCC1OC(OC(=O)CC)[C@H](NC(=O)CCC(C)=O)C[C@@H](OC)C1OC(=O)CCC. The number of carbonyl (C=O) groups is 6. The number of rotatable bonds is 14. The number of nitrogens with one attached hydrogen (secondary N) is 1. The van der Waals surface area contributed by atoms with E-state index in [1.54, 1.807) is 6.92 Å². The predicted octanol–water partition coefficient (Wildman–Crippen LogP) is 4.24. The smallest absolute Gasteiger partial charge is 0.307 e. The molecule has 0 radical (unpaired) electrons. The van der Waals surface area contributed by atoms with Gasteiger partial charge in [-0.1, -0.05) is 48.5 Å². The first kappa shape index (κ1) is 43.6. The van der Waals surface area contributed by atoms with E-state index < -0.39 is 54.5 Å². The van der Waals surface area contributed by atoms with Crippen LogP contribution in [0.25, 0.3) is 0 Å². The second-order valence-electron chi connectivity index (χ2n) is 8.65. The summed E-state index contributed by atoms with van der Waals surface area (Å²) >= 11 is 0. The van der Waals surface area contributed by atoms with Crippen LogP contribution in [0.4, 0.5) is 0 Å². The zero-order valence-corrected chi connectivity index (χ0v) is 27.3. The van der Waals surface area contributed by atoms with Crippen LogP contribution in [-0.4, -0.2) is 80.2 Å². The molecule has 1 amide bonds. The van der Waals surface area contributed by atoms with Crippen LogP contribution in [0, 0.1) is 0 Å². The maximum Gasteiger partial charge on any atom is 0.307 e. The van der Waals surface area contributed by atoms with Crippen LogP contribution in [0.1, 0.15) is 114 Å². The van der Waals surface area contributed by atoms with Gasteiger partial charge in [-0.05, 0) is 26.7 Å². The molecule has 1 aliphatic rings. The zero-order valence-electron chi connectivity index (χ0n) is 27.3. The van der Waals surface area contributed by atoms with E-state index in [0.717, 1.165) is 6.29 Å². The highest BCUT2D eigenvalue weighted by atomic mass is 16.7. The van der Waals surface area contributed by atoms with E-state index >= 15 is 0 Å². The fourth-order valence-corrected chi connectivity index (χ4v) is 3.48. The van der Waals surface area contributed by atoms with Crippen LogP contribution in [0.2, 0.25) is 0 Å². The van der Waals surface area contributed by atoms with Gasteiger partial charge in [-0.3, -0.25) is 19.2 Å². The van der Waals surface area contributed by atoms with Crippen molar-refractivity contribution in [2.45, 2.75) is 144 Å². The van der Waals surface area contributed by atoms with Crippen molar-refractivity contribution in [1.29, 1.82) is 0 Å². The lowest BCUT2D eigenvalue weighted by Gasteiger charge is -2.30. The van der Waals surface area contributed by atoms with Gasteiger partial charge in [0.1, 0.15) is 24.8 Å². The summed E-state index contributed by atoms with van der Waals surface area (Å²) in [5.41, 5.74) is 0. The molecular formula is C30H55NO11. The summed E-state index contributed by atoms with van der Waals surface area (Å²) in [5, 5.41) is 2.74. The van der Waals surface area contributed by atoms with Crippen molar-refractivity contribution in [2.24, 2.45) is 0 Å². The van der Waals surface area contributed by atoms with Crippen LogP contribution < -0.4 is 5.32 Å². The molecule has 5 atom stereocenters. The Morgan fingerprint density at radius 2 is 1.40 bits per heavy atom. The largest absolute Gasteiger partial charge is 0.463 e. The molecule has 1 fully saturated rings. The Hall–Kier alpha value is -2.86. The molecule has 0 aromatic heterocycles. The highest BCUT2D eigenvalue weighted by molar-refractivity contribution is 5.83. The normalized spacial score (nSPS) is 20.7. The molecule has 1 aliphatic heterocycles. The molecule has 0 aliphatic carbocycles. The van der Waals surface area contributed by atoms with Gasteiger partial charge in [-0.2, -0.15) is 0 Å². The summed E-state index contributed by atoms with van der Waals surface area (Å²) in [6.07, 6.45) is -1.64. The Bertz CT molecular complexity index is 772. The molecule has 1 saturated heterocycles. The lowest BCUT2D eigenvalue weighted by molar-refractivity contribution is -0.218. The number of ketones is 1. The summed E-state index contributed by atoms with van der Waals surface area (Å²) in [7, 11) is 1.42. The highest BCUT2D eigenvalue weighted by Crippen LogP contribution is 2.27. The number of ether oxygens (including phenoxy) is 5. The molecule has 12 nitrogen and oxygen atoms in total. The minimum atomic E-state index is -1.26. The molecule has 42 heavy (non-hydrogen) atoms. The third-order valence-corrected chi connectivity index (χ3v) is 5.33. The standard InChI is InChI=1S/C24H39NO10.C2H4O.2C2H6/c1-6-9-21(29)32-14-18-23(34-22(30)10-7-2)17(31-5)13-16(24(33-18)35-20(28)8-3)25-19(27)12-11-15(4)26;1-2-3;2*1-2/h16-18,23-24H,6-14H2,1-5H3,(H,25,27);2H,1H3;2*1-2H3/t16-,17-,18?,23?,24?;;;/m1.../s1. The molecule has 1 heterocycles. The second kappa shape index (κ2) is 28.3. The van der Waals surface area contributed by atoms with Gasteiger partial charge in [0.2, 0.25) is 12.2 Å². The Labute approximate surface area is 251 Å². The van der Waals surface area contributed by atoms with Gasteiger partial charge in [0.05, 0.1) is 12.1 Å². The summed E-state index contributed by atoms with van der Waals surface area (Å²) in [5.74, 6) is -2.09. The molecular weight excluding hydrogens is 550 g/mol. The van der Waals surface area contributed by atoms with Gasteiger partial charge in [0.25, 0.3) is 0 Å². The van der Waals surface area contributed by atoms with E-state index in [9.17, 15) is 24.0 Å². The minimum Gasteiger partial charge on any atom is -0.463 e. The first-order chi connectivity index (χ1) is 20.1. The van der Waals surface area contributed by atoms with Crippen LogP contribution in [-0.2, 0) is 52.5 Å². The molecule has 3 unspecified atom stereocenters.